The third kappa shape index (κ3) is 3.62. The van der Waals surface area contributed by atoms with E-state index in [2.05, 4.69) is 0 Å². The molecule has 0 heterocycles. The first-order valence-corrected chi connectivity index (χ1v) is 5.08. The van der Waals surface area contributed by atoms with E-state index < -0.39 is 49.3 Å². The monoisotopic (exact) mass is 398 g/mol. The number of hydrogen-bond acceptors (Lipinski definition) is 2. The minimum absolute atomic E-state index is 1.76. The molecule has 0 amide bonds. The van der Waals surface area contributed by atoms with Gasteiger partial charge in [-0.3, -0.25) is 0 Å². The van der Waals surface area contributed by atoms with Crippen LogP contribution >= 0.6 is 0 Å². The number of hydrogen-bond donors (Lipinski definition) is 0. The van der Waals surface area contributed by atoms with E-state index in [0.717, 1.165) is 0 Å². The fraction of sp³-hybridized carbons (Fsp3) is 1.00. The number of alkyl halides is 14. The lowest BCUT2D eigenvalue weighted by Gasteiger charge is -2.33. The van der Waals surface area contributed by atoms with E-state index in [1.54, 1.807) is 9.78 Å². The Kier molecular flexibility index (Phi) is 6.06. The Balaban J connectivity index is 5.44. The van der Waals surface area contributed by atoms with Gasteiger partial charge in [0.2, 0.25) is 0 Å². The van der Waals surface area contributed by atoms with Crippen LogP contribution in [0.2, 0.25) is 0 Å². The smallest absolute Gasteiger partial charge is 0.244 e. The lowest BCUT2D eigenvalue weighted by molar-refractivity contribution is -0.583. The number of halogens is 14. The molecule has 16 heteroatoms. The molecular formula is C8H4F14O2. The second-order valence-corrected chi connectivity index (χ2v) is 4.03. The summed E-state index contributed by atoms with van der Waals surface area (Å²) in [6.07, 6.45) is -13.7. The van der Waals surface area contributed by atoms with Crippen molar-refractivity contribution < 1.29 is 71.2 Å². The summed E-state index contributed by atoms with van der Waals surface area (Å²) in [5, 5.41) is 0. The average molecular weight is 398 g/mol. The minimum Gasteiger partial charge on any atom is -0.244 e. The van der Waals surface area contributed by atoms with E-state index >= 15 is 0 Å². The van der Waals surface area contributed by atoms with Crippen molar-refractivity contribution >= 4 is 0 Å². The van der Waals surface area contributed by atoms with Crippen molar-refractivity contribution in [3.8, 4) is 0 Å². The molecule has 0 saturated carbocycles. The fourth-order valence-corrected chi connectivity index (χ4v) is 0.803. The maximum atomic E-state index is 12.6. The molecule has 0 aromatic carbocycles. The van der Waals surface area contributed by atoms with Crippen LogP contribution in [0.1, 0.15) is 0 Å². The Morgan fingerprint density at radius 1 is 0.458 bits per heavy atom. The first-order chi connectivity index (χ1) is 10.3. The summed E-state index contributed by atoms with van der Waals surface area (Å²) in [5.74, 6) is -26.3. The zero-order chi connectivity index (χ0) is 19.8. The SMILES string of the molecule is FCC(F)(F)C(F)(F)C(F)(F)OOC(F)(F)C(F)(F)C(F)(F)CF. The summed E-state index contributed by atoms with van der Waals surface area (Å²) in [6.45, 7) is -6.93. The third-order valence-electron chi connectivity index (χ3n) is 2.24. The fourth-order valence-electron chi connectivity index (χ4n) is 0.803. The van der Waals surface area contributed by atoms with Gasteiger partial charge in [0, 0.05) is 0 Å². The van der Waals surface area contributed by atoms with Crippen LogP contribution in [-0.2, 0) is 9.78 Å². The first kappa shape index (κ1) is 22.9. The van der Waals surface area contributed by atoms with E-state index in [1.165, 1.54) is 0 Å². The Bertz CT molecular complexity index is 392. The summed E-state index contributed by atoms with van der Waals surface area (Å²) in [5.41, 5.74) is 0. The molecule has 0 radical (unpaired) electrons. The molecule has 0 aliphatic heterocycles. The Hall–Kier alpha value is -1.06. The molecule has 0 aliphatic carbocycles. The lowest BCUT2D eigenvalue weighted by Crippen LogP contribution is -2.60. The molecule has 0 atom stereocenters. The summed E-state index contributed by atoms with van der Waals surface area (Å²) in [7, 11) is 0. The Morgan fingerprint density at radius 2 is 0.667 bits per heavy atom. The normalized spacial score (nSPS) is 15.8. The first-order valence-electron chi connectivity index (χ1n) is 5.08. The summed E-state index contributed by atoms with van der Waals surface area (Å²) >= 11 is 0. The van der Waals surface area contributed by atoms with Gasteiger partial charge in [-0.1, -0.05) is 0 Å². The van der Waals surface area contributed by atoms with Crippen LogP contribution in [-0.4, -0.2) is 49.3 Å². The van der Waals surface area contributed by atoms with Gasteiger partial charge in [-0.25, -0.2) is 8.78 Å². The maximum absolute atomic E-state index is 12.6. The maximum Gasteiger partial charge on any atom is 0.451 e. The standard InChI is InChI=1S/C8H4F14O2/c9-1-3(11,12)5(15,16)7(19,20)23-24-8(21,22)6(17,18)4(13,14)2-10/h1-2H2. The lowest BCUT2D eigenvalue weighted by atomic mass is 10.1. The summed E-state index contributed by atoms with van der Waals surface area (Å²) < 4.78 is 173. The predicted molar refractivity (Wildman–Crippen MR) is 43.8 cm³/mol. The van der Waals surface area contributed by atoms with Gasteiger partial charge in [0.15, 0.2) is 13.3 Å². The average Bonchev–Trinajstić information content (AvgIpc) is 2.44. The largest absolute Gasteiger partial charge is 0.451 e. The second-order valence-electron chi connectivity index (χ2n) is 4.03. The quantitative estimate of drug-likeness (QED) is 0.321. The van der Waals surface area contributed by atoms with Crippen LogP contribution in [0.3, 0.4) is 0 Å². The van der Waals surface area contributed by atoms with Crippen LogP contribution in [0, 0.1) is 0 Å². The summed E-state index contributed by atoms with van der Waals surface area (Å²) in [6, 6.07) is 0. The second kappa shape index (κ2) is 6.34. The zero-order valence-corrected chi connectivity index (χ0v) is 10.5. The highest BCUT2D eigenvalue weighted by Gasteiger charge is 2.77. The van der Waals surface area contributed by atoms with Crippen molar-refractivity contribution in [2.75, 3.05) is 13.3 Å². The van der Waals surface area contributed by atoms with Gasteiger partial charge in [-0.05, 0) is 0 Å². The topological polar surface area (TPSA) is 18.5 Å². The molecule has 2 nitrogen and oxygen atoms in total. The number of rotatable bonds is 9. The molecule has 0 spiro atoms. The van der Waals surface area contributed by atoms with Gasteiger partial charge in [-0.15, -0.1) is 0 Å². The molecule has 0 saturated heterocycles. The molecule has 0 unspecified atom stereocenters. The van der Waals surface area contributed by atoms with Crippen molar-refractivity contribution in [3.05, 3.63) is 0 Å². The Labute approximate surface area is 122 Å². The van der Waals surface area contributed by atoms with E-state index in [-0.39, 0.29) is 0 Å². The molecule has 0 aliphatic rings. The third-order valence-corrected chi connectivity index (χ3v) is 2.24. The van der Waals surface area contributed by atoms with Crippen molar-refractivity contribution in [3.63, 3.8) is 0 Å². The van der Waals surface area contributed by atoms with Crippen molar-refractivity contribution in [2.24, 2.45) is 0 Å². The zero-order valence-electron chi connectivity index (χ0n) is 10.5. The predicted octanol–water partition coefficient (Wildman–Crippen LogP) is 4.60. The molecule has 0 fully saturated rings. The molecule has 24 heavy (non-hydrogen) atoms. The molecular weight excluding hydrogens is 394 g/mol. The van der Waals surface area contributed by atoms with Crippen LogP contribution in [0.25, 0.3) is 0 Å². The van der Waals surface area contributed by atoms with E-state index in [1.807, 2.05) is 0 Å². The molecule has 0 N–H and O–H groups in total. The molecule has 146 valence electrons. The highest BCUT2D eigenvalue weighted by atomic mass is 19.4. The molecule has 0 aromatic heterocycles. The van der Waals surface area contributed by atoms with Crippen LogP contribution in [0.15, 0.2) is 0 Å². The molecule has 0 rings (SSSR count). The van der Waals surface area contributed by atoms with Gasteiger partial charge in [-0.2, -0.15) is 62.5 Å². The van der Waals surface area contributed by atoms with E-state index in [9.17, 15) is 61.5 Å². The van der Waals surface area contributed by atoms with Gasteiger partial charge in [0.1, 0.15) is 0 Å². The van der Waals surface area contributed by atoms with Crippen LogP contribution in [0.5, 0.6) is 0 Å². The van der Waals surface area contributed by atoms with Gasteiger partial charge in [0.05, 0.1) is 0 Å². The molecule has 0 aromatic rings. The van der Waals surface area contributed by atoms with Crippen LogP contribution in [0.4, 0.5) is 61.5 Å². The Morgan fingerprint density at radius 3 is 0.833 bits per heavy atom. The van der Waals surface area contributed by atoms with E-state index in [0.29, 0.717) is 0 Å². The van der Waals surface area contributed by atoms with Gasteiger partial charge < -0.3 is 0 Å². The van der Waals surface area contributed by atoms with Crippen molar-refractivity contribution in [1.82, 2.24) is 0 Å². The highest BCUT2D eigenvalue weighted by Crippen LogP contribution is 2.50. The summed E-state index contributed by atoms with van der Waals surface area (Å²) in [4.78, 5) is 3.51. The van der Waals surface area contributed by atoms with Crippen molar-refractivity contribution in [1.29, 1.82) is 0 Å². The van der Waals surface area contributed by atoms with E-state index in [4.69, 9.17) is 0 Å². The van der Waals surface area contributed by atoms with Gasteiger partial charge >= 0.3 is 35.9 Å². The highest BCUT2D eigenvalue weighted by molar-refractivity contribution is 4.92. The van der Waals surface area contributed by atoms with Crippen LogP contribution < -0.4 is 0 Å². The minimum atomic E-state index is -6.91. The molecule has 0 bridgehead atoms. The van der Waals surface area contributed by atoms with Crippen molar-refractivity contribution in [2.45, 2.75) is 35.9 Å². The van der Waals surface area contributed by atoms with Gasteiger partial charge in [0.25, 0.3) is 0 Å².